The van der Waals surface area contributed by atoms with E-state index in [1.165, 1.54) is 18.0 Å². The Morgan fingerprint density at radius 2 is 2.14 bits per heavy atom. The predicted molar refractivity (Wildman–Crippen MR) is 71.2 cm³/mol. The maximum atomic E-state index is 11.3. The molecule has 0 radical (unpaired) electrons. The topological polar surface area (TPSA) is 145 Å². The van der Waals surface area contributed by atoms with Gasteiger partial charge in [-0.25, -0.2) is 8.98 Å². The van der Waals surface area contributed by atoms with Crippen LogP contribution >= 0.6 is 11.8 Å². The Kier molecular flexibility index (Phi) is 4.52. The maximum Gasteiger partial charge on any atom is 0.397 e. The molecule has 0 aromatic heterocycles. The molecule has 0 saturated carbocycles. The van der Waals surface area contributed by atoms with Crippen molar-refractivity contribution in [1.29, 1.82) is 0 Å². The summed E-state index contributed by atoms with van der Waals surface area (Å²) >= 11 is 0.779. The van der Waals surface area contributed by atoms with Crippen LogP contribution in [0.4, 0.5) is 0 Å². The fourth-order valence-electron chi connectivity index (χ4n) is 2.89. The Balaban J connectivity index is 2.13. The zero-order chi connectivity index (χ0) is 15.9. The number of thioether (sulfide) groups is 1. The van der Waals surface area contributed by atoms with E-state index in [1.54, 1.807) is 0 Å². The number of fused-ring (bicyclic) bond motifs is 1. The number of hydrogen-bond donors (Lipinski definition) is 4. The molecule has 1 saturated heterocycles. The Morgan fingerprint density at radius 3 is 2.62 bits per heavy atom. The first-order valence-corrected chi connectivity index (χ1v) is 8.24. The van der Waals surface area contributed by atoms with Crippen LogP contribution in [0.1, 0.15) is 13.3 Å². The van der Waals surface area contributed by atoms with Gasteiger partial charge in [0.2, 0.25) is 5.62 Å². The van der Waals surface area contributed by atoms with Crippen LogP contribution in [0.3, 0.4) is 0 Å². The molecule has 0 spiro atoms. The molecule has 2 aliphatic heterocycles. The largest absolute Gasteiger partial charge is 0.480 e. The molecule has 0 aromatic rings. The number of aliphatic hydroxyl groups is 2. The molecule has 21 heavy (non-hydrogen) atoms. The molecule has 0 aromatic carbocycles. The van der Waals surface area contributed by atoms with Gasteiger partial charge in [0.25, 0.3) is 0 Å². The third-order valence-corrected chi connectivity index (χ3v) is 4.87. The van der Waals surface area contributed by atoms with E-state index in [1.807, 2.05) is 0 Å². The van der Waals surface area contributed by atoms with Gasteiger partial charge < -0.3 is 20.2 Å². The summed E-state index contributed by atoms with van der Waals surface area (Å²) in [6.07, 6.45) is 0.860. The Morgan fingerprint density at radius 1 is 1.52 bits per heavy atom. The summed E-state index contributed by atoms with van der Waals surface area (Å²) in [5, 5.41) is 27.1. The fourth-order valence-corrected chi connectivity index (χ4v) is 4.12. The van der Waals surface area contributed by atoms with Crippen molar-refractivity contribution in [2.75, 3.05) is 0 Å². The van der Waals surface area contributed by atoms with Gasteiger partial charge in [-0.05, 0) is 6.92 Å². The van der Waals surface area contributed by atoms with Gasteiger partial charge in [0.05, 0.1) is 6.10 Å². The molecule has 0 aliphatic carbocycles. The zero-order valence-corrected chi connectivity index (χ0v) is 12.5. The third-order valence-electron chi connectivity index (χ3n) is 3.54. The Hall–Kier alpha value is -0.850. The summed E-state index contributed by atoms with van der Waals surface area (Å²) in [6.45, 7) is 1.37. The van der Waals surface area contributed by atoms with Crippen LogP contribution < -0.4 is 0 Å². The van der Waals surface area contributed by atoms with Gasteiger partial charge in [-0.15, -0.1) is 0 Å². The van der Waals surface area contributed by atoms with Gasteiger partial charge in [-0.3, -0.25) is 4.55 Å². The van der Waals surface area contributed by atoms with E-state index < -0.39 is 40.1 Å². The number of rotatable bonds is 6. The molecule has 4 N–H and O–H groups in total. The molecule has 11 heteroatoms. The quantitative estimate of drug-likeness (QED) is 0.357. The summed E-state index contributed by atoms with van der Waals surface area (Å²) in [4.78, 5) is 13.4. The van der Waals surface area contributed by atoms with Gasteiger partial charge in [0.15, 0.2) is 0 Å². The van der Waals surface area contributed by atoms with Gasteiger partial charge in [-0.2, -0.15) is 8.42 Å². The molecule has 9 nitrogen and oxygen atoms in total. The highest BCUT2D eigenvalue weighted by molar-refractivity contribution is 8.03. The molecular formula is C10H15NO8S2. The fraction of sp³-hybridized carbons (Fsp3) is 0.700. The lowest BCUT2D eigenvalue weighted by Gasteiger charge is -2.51. The van der Waals surface area contributed by atoms with E-state index in [2.05, 4.69) is 4.18 Å². The zero-order valence-electron chi connectivity index (χ0n) is 10.9. The van der Waals surface area contributed by atoms with Gasteiger partial charge in [0, 0.05) is 29.5 Å². The number of aliphatic carboxylic acids is 1. The second-order valence-electron chi connectivity index (χ2n) is 4.85. The average molecular weight is 341 g/mol. The maximum absolute atomic E-state index is 11.3. The van der Waals surface area contributed by atoms with Crippen molar-refractivity contribution in [2.24, 2.45) is 5.92 Å². The molecule has 120 valence electrons. The number of hydrogen-bond acceptors (Lipinski definition) is 8. The average Bonchev–Trinajstić information content (AvgIpc) is 2.54. The first-order valence-electron chi connectivity index (χ1n) is 5.99. The molecule has 2 rings (SSSR count). The number of carboxylic acid groups (broad SMARTS) is 1. The van der Waals surface area contributed by atoms with Gasteiger partial charge in [0.1, 0.15) is 6.04 Å². The summed E-state index contributed by atoms with van der Waals surface area (Å²) in [5.41, 5.74) is -1.61. The van der Waals surface area contributed by atoms with Crippen molar-refractivity contribution in [1.82, 2.24) is 4.90 Å². The van der Waals surface area contributed by atoms with Crippen molar-refractivity contribution in [2.45, 2.75) is 37.2 Å². The highest BCUT2D eigenvalue weighted by Gasteiger charge is 2.56. The summed E-state index contributed by atoms with van der Waals surface area (Å²) in [7, 11) is -4.67. The van der Waals surface area contributed by atoms with Crippen LogP contribution in [0, 0.1) is 5.92 Å². The van der Waals surface area contributed by atoms with E-state index in [4.69, 9.17) is 14.8 Å². The molecule has 4 atom stereocenters. The van der Waals surface area contributed by atoms with Crippen LogP contribution in [0.5, 0.6) is 0 Å². The first kappa shape index (κ1) is 16.5. The monoisotopic (exact) mass is 341 g/mol. The van der Waals surface area contributed by atoms with E-state index in [0.717, 1.165) is 11.8 Å². The number of carboxylic acids is 1. The van der Waals surface area contributed by atoms with Crippen LogP contribution in [0.25, 0.3) is 0 Å². The Labute approximate surface area is 125 Å². The number of carbonyl (C=O) groups is 1. The predicted octanol–water partition coefficient (Wildman–Crippen LogP) is -0.806. The van der Waals surface area contributed by atoms with E-state index in [-0.39, 0.29) is 6.04 Å². The normalized spacial score (nSPS) is 29.9. The van der Waals surface area contributed by atoms with E-state index >= 15 is 0 Å². The van der Waals surface area contributed by atoms with E-state index in [9.17, 15) is 18.3 Å². The lowest BCUT2D eigenvalue weighted by molar-refractivity contribution is -0.160. The summed E-state index contributed by atoms with van der Waals surface area (Å²) in [5.74, 6) is -1.79. The highest BCUT2D eigenvalue weighted by atomic mass is 32.3. The molecule has 0 bridgehead atoms. The first-order chi connectivity index (χ1) is 9.60. The highest BCUT2D eigenvalue weighted by Crippen LogP contribution is 2.47. The SMILES string of the molecule is CC(OS(=O)(=O)O)C1C2CC(SC(O)O)=CN2C1C(=O)O. The van der Waals surface area contributed by atoms with Crippen molar-refractivity contribution in [3.63, 3.8) is 0 Å². The molecule has 0 amide bonds. The molecule has 2 heterocycles. The van der Waals surface area contributed by atoms with Crippen molar-refractivity contribution < 1.29 is 37.3 Å². The van der Waals surface area contributed by atoms with Crippen molar-refractivity contribution in [3.05, 3.63) is 11.1 Å². The van der Waals surface area contributed by atoms with Gasteiger partial charge in [-0.1, -0.05) is 11.8 Å². The summed E-state index contributed by atoms with van der Waals surface area (Å²) < 4.78 is 34.7. The molecule has 4 unspecified atom stereocenters. The smallest absolute Gasteiger partial charge is 0.397 e. The van der Waals surface area contributed by atoms with Gasteiger partial charge >= 0.3 is 16.4 Å². The van der Waals surface area contributed by atoms with Crippen LogP contribution in [0.15, 0.2) is 11.1 Å². The lowest BCUT2D eigenvalue weighted by Crippen LogP contribution is -2.66. The van der Waals surface area contributed by atoms with Crippen LogP contribution in [0.2, 0.25) is 0 Å². The van der Waals surface area contributed by atoms with Crippen molar-refractivity contribution >= 4 is 28.1 Å². The summed E-state index contributed by atoms with van der Waals surface area (Å²) in [6, 6.07) is -1.30. The minimum absolute atomic E-state index is 0.316. The second-order valence-corrected chi connectivity index (χ2v) is 7.08. The Bertz CT molecular complexity index is 559. The van der Waals surface area contributed by atoms with Crippen LogP contribution in [-0.2, 0) is 19.4 Å². The second kappa shape index (κ2) is 5.74. The molecule has 2 aliphatic rings. The number of aliphatic hydroxyl groups excluding tert-OH is 1. The van der Waals surface area contributed by atoms with Crippen LogP contribution in [-0.4, -0.2) is 63.0 Å². The molecular weight excluding hydrogens is 326 g/mol. The van der Waals surface area contributed by atoms with E-state index in [0.29, 0.717) is 11.3 Å². The minimum Gasteiger partial charge on any atom is -0.480 e. The standard InChI is InChI=1S/C10H15NO8S2/c1-4(19-21(16,17)18)7-6-2-5(20-10(14)15)3-11(6)8(7)9(12)13/h3-4,6-8,10,14-15H,2H2,1H3,(H,12,13)(H,16,17,18). The van der Waals surface area contributed by atoms with Crippen molar-refractivity contribution in [3.8, 4) is 0 Å². The molecule has 1 fully saturated rings. The number of nitrogens with zero attached hydrogens (tertiary/aromatic N) is 1. The third kappa shape index (κ3) is 3.49. The minimum atomic E-state index is -4.67. The lowest BCUT2D eigenvalue weighted by atomic mass is 9.77.